The lowest BCUT2D eigenvalue weighted by Gasteiger charge is -2.14. The van der Waals surface area contributed by atoms with E-state index in [0.29, 0.717) is 11.6 Å². The number of aromatic nitrogens is 1. The average Bonchev–Trinajstić information content (AvgIpc) is 2.51. The summed E-state index contributed by atoms with van der Waals surface area (Å²) in [6.07, 6.45) is 4.34. The number of benzene rings is 1. The van der Waals surface area contributed by atoms with Gasteiger partial charge in [0.15, 0.2) is 0 Å². The summed E-state index contributed by atoms with van der Waals surface area (Å²) in [5.41, 5.74) is 4.41. The van der Waals surface area contributed by atoms with E-state index in [4.69, 9.17) is 0 Å². The van der Waals surface area contributed by atoms with E-state index < -0.39 is 0 Å². The SMILES string of the molecule is CCC(C)Nc1cncc(C(=O)Nc2cc(C)ccc2C)c1. The van der Waals surface area contributed by atoms with Gasteiger partial charge in [-0.3, -0.25) is 9.78 Å². The summed E-state index contributed by atoms with van der Waals surface area (Å²) in [7, 11) is 0. The zero-order chi connectivity index (χ0) is 16.1. The molecule has 0 saturated carbocycles. The molecule has 2 N–H and O–H groups in total. The summed E-state index contributed by atoms with van der Waals surface area (Å²) >= 11 is 0. The molecule has 4 heteroatoms. The molecule has 1 amide bonds. The number of pyridine rings is 1. The molecule has 1 atom stereocenters. The number of rotatable bonds is 5. The third kappa shape index (κ3) is 4.07. The summed E-state index contributed by atoms with van der Waals surface area (Å²) in [6, 6.07) is 8.19. The molecule has 0 bridgehead atoms. The highest BCUT2D eigenvalue weighted by molar-refractivity contribution is 6.05. The smallest absolute Gasteiger partial charge is 0.257 e. The van der Waals surface area contributed by atoms with Crippen LogP contribution in [0.25, 0.3) is 0 Å². The maximum absolute atomic E-state index is 12.4. The molecule has 1 unspecified atom stereocenters. The van der Waals surface area contributed by atoms with Gasteiger partial charge < -0.3 is 10.6 Å². The molecule has 2 aromatic rings. The fraction of sp³-hybridized carbons (Fsp3) is 0.333. The number of hydrogen-bond donors (Lipinski definition) is 2. The largest absolute Gasteiger partial charge is 0.381 e. The van der Waals surface area contributed by atoms with E-state index in [1.807, 2.05) is 38.1 Å². The predicted molar refractivity (Wildman–Crippen MR) is 91.5 cm³/mol. The van der Waals surface area contributed by atoms with E-state index >= 15 is 0 Å². The zero-order valence-electron chi connectivity index (χ0n) is 13.6. The first kappa shape index (κ1) is 16.0. The molecule has 1 aromatic heterocycles. The van der Waals surface area contributed by atoms with Crippen molar-refractivity contribution >= 4 is 17.3 Å². The van der Waals surface area contributed by atoms with Gasteiger partial charge in [0.05, 0.1) is 11.3 Å². The Bertz CT molecular complexity index is 667. The summed E-state index contributed by atoms with van der Waals surface area (Å²) in [5.74, 6) is -0.144. The molecular weight excluding hydrogens is 274 g/mol. The molecule has 0 aliphatic rings. The standard InChI is InChI=1S/C18H23N3O/c1-5-14(4)20-16-9-15(10-19-11-16)18(22)21-17-8-12(2)6-7-13(17)3/h6-11,14,20H,5H2,1-4H3,(H,21,22). The minimum Gasteiger partial charge on any atom is -0.381 e. The molecule has 22 heavy (non-hydrogen) atoms. The first-order valence-electron chi connectivity index (χ1n) is 7.59. The minimum absolute atomic E-state index is 0.144. The fourth-order valence-electron chi connectivity index (χ4n) is 2.09. The lowest BCUT2D eigenvalue weighted by atomic mass is 10.1. The summed E-state index contributed by atoms with van der Waals surface area (Å²) in [6.45, 7) is 8.20. The van der Waals surface area contributed by atoms with E-state index in [9.17, 15) is 4.79 Å². The Labute approximate surface area is 132 Å². The van der Waals surface area contributed by atoms with Crippen LogP contribution in [-0.2, 0) is 0 Å². The van der Waals surface area contributed by atoms with Gasteiger partial charge in [0.2, 0.25) is 0 Å². The van der Waals surface area contributed by atoms with Gasteiger partial charge in [-0.1, -0.05) is 19.1 Å². The van der Waals surface area contributed by atoms with Crippen molar-refractivity contribution in [1.82, 2.24) is 4.98 Å². The van der Waals surface area contributed by atoms with Crippen LogP contribution in [0.4, 0.5) is 11.4 Å². The van der Waals surface area contributed by atoms with Gasteiger partial charge in [-0.2, -0.15) is 0 Å². The molecule has 0 fully saturated rings. The highest BCUT2D eigenvalue weighted by Gasteiger charge is 2.10. The molecule has 0 radical (unpaired) electrons. The maximum Gasteiger partial charge on any atom is 0.257 e. The van der Waals surface area contributed by atoms with Crippen molar-refractivity contribution in [3.8, 4) is 0 Å². The van der Waals surface area contributed by atoms with Crippen molar-refractivity contribution in [3.05, 3.63) is 53.3 Å². The average molecular weight is 297 g/mol. The Balaban J connectivity index is 2.15. The lowest BCUT2D eigenvalue weighted by Crippen LogP contribution is -2.16. The molecule has 0 spiro atoms. The van der Waals surface area contributed by atoms with Crippen LogP contribution in [0.2, 0.25) is 0 Å². The number of anilines is 2. The van der Waals surface area contributed by atoms with Crippen molar-refractivity contribution in [3.63, 3.8) is 0 Å². The van der Waals surface area contributed by atoms with Crippen molar-refractivity contribution < 1.29 is 4.79 Å². The Morgan fingerprint density at radius 3 is 2.73 bits per heavy atom. The number of hydrogen-bond acceptors (Lipinski definition) is 3. The Morgan fingerprint density at radius 1 is 1.23 bits per heavy atom. The van der Waals surface area contributed by atoms with Gasteiger partial charge in [-0.15, -0.1) is 0 Å². The maximum atomic E-state index is 12.4. The fourth-order valence-corrected chi connectivity index (χ4v) is 2.09. The molecule has 0 saturated heterocycles. The molecule has 0 aliphatic heterocycles. The van der Waals surface area contributed by atoms with Crippen LogP contribution < -0.4 is 10.6 Å². The first-order valence-corrected chi connectivity index (χ1v) is 7.59. The summed E-state index contributed by atoms with van der Waals surface area (Å²) < 4.78 is 0. The quantitative estimate of drug-likeness (QED) is 0.871. The number of nitrogens with one attached hydrogen (secondary N) is 2. The van der Waals surface area contributed by atoms with Crippen LogP contribution in [0.15, 0.2) is 36.7 Å². The number of aryl methyl sites for hydroxylation is 2. The molecular formula is C18H23N3O. The lowest BCUT2D eigenvalue weighted by molar-refractivity contribution is 0.102. The van der Waals surface area contributed by atoms with Crippen molar-refractivity contribution in [1.29, 1.82) is 0 Å². The van der Waals surface area contributed by atoms with Crippen LogP contribution >= 0.6 is 0 Å². The Hall–Kier alpha value is -2.36. The first-order chi connectivity index (χ1) is 10.5. The molecule has 1 heterocycles. The van der Waals surface area contributed by atoms with Crippen LogP contribution in [-0.4, -0.2) is 16.9 Å². The van der Waals surface area contributed by atoms with Crippen molar-refractivity contribution in [2.75, 3.05) is 10.6 Å². The van der Waals surface area contributed by atoms with E-state index in [-0.39, 0.29) is 5.91 Å². The normalized spacial score (nSPS) is 11.8. The molecule has 4 nitrogen and oxygen atoms in total. The minimum atomic E-state index is -0.144. The molecule has 116 valence electrons. The third-order valence-electron chi connectivity index (χ3n) is 3.67. The highest BCUT2D eigenvalue weighted by atomic mass is 16.1. The highest BCUT2D eigenvalue weighted by Crippen LogP contribution is 2.18. The van der Waals surface area contributed by atoms with E-state index in [1.165, 1.54) is 0 Å². The van der Waals surface area contributed by atoms with Crippen LogP contribution in [0.1, 0.15) is 41.8 Å². The monoisotopic (exact) mass is 297 g/mol. The van der Waals surface area contributed by atoms with Crippen molar-refractivity contribution in [2.24, 2.45) is 0 Å². The van der Waals surface area contributed by atoms with Crippen LogP contribution in [0, 0.1) is 13.8 Å². The number of amides is 1. The molecule has 0 aliphatic carbocycles. The van der Waals surface area contributed by atoms with E-state index in [0.717, 1.165) is 28.9 Å². The zero-order valence-corrected chi connectivity index (χ0v) is 13.6. The van der Waals surface area contributed by atoms with Crippen LogP contribution in [0.5, 0.6) is 0 Å². The second kappa shape index (κ2) is 7.07. The van der Waals surface area contributed by atoms with Gasteiger partial charge in [-0.05, 0) is 50.5 Å². The van der Waals surface area contributed by atoms with E-state index in [2.05, 4.69) is 29.5 Å². The summed E-state index contributed by atoms with van der Waals surface area (Å²) in [5, 5.41) is 6.28. The van der Waals surface area contributed by atoms with Gasteiger partial charge in [0.25, 0.3) is 5.91 Å². The van der Waals surface area contributed by atoms with Gasteiger partial charge in [0, 0.05) is 24.1 Å². The van der Waals surface area contributed by atoms with Crippen molar-refractivity contribution in [2.45, 2.75) is 40.2 Å². The Morgan fingerprint density at radius 2 is 2.00 bits per heavy atom. The van der Waals surface area contributed by atoms with E-state index in [1.54, 1.807) is 12.4 Å². The third-order valence-corrected chi connectivity index (χ3v) is 3.67. The molecule has 2 rings (SSSR count). The summed E-state index contributed by atoms with van der Waals surface area (Å²) in [4.78, 5) is 16.6. The van der Waals surface area contributed by atoms with Gasteiger partial charge in [0.1, 0.15) is 0 Å². The number of carbonyl (C=O) groups excluding carboxylic acids is 1. The topological polar surface area (TPSA) is 54.0 Å². The second-order valence-corrected chi connectivity index (χ2v) is 5.69. The van der Waals surface area contributed by atoms with Gasteiger partial charge in [-0.25, -0.2) is 0 Å². The Kier molecular flexibility index (Phi) is 5.15. The van der Waals surface area contributed by atoms with Crippen LogP contribution in [0.3, 0.4) is 0 Å². The number of nitrogens with zero attached hydrogens (tertiary/aromatic N) is 1. The number of carbonyl (C=O) groups is 1. The molecule has 1 aromatic carbocycles. The predicted octanol–water partition coefficient (Wildman–Crippen LogP) is 4.16. The second-order valence-electron chi connectivity index (χ2n) is 5.69. The van der Waals surface area contributed by atoms with Gasteiger partial charge >= 0.3 is 0 Å².